The molecule has 1 unspecified atom stereocenters. The van der Waals surface area contributed by atoms with Crippen LogP contribution in [-0.2, 0) is 6.42 Å². The van der Waals surface area contributed by atoms with Crippen LogP contribution in [0, 0.1) is 0 Å². The van der Waals surface area contributed by atoms with Crippen molar-refractivity contribution in [1.82, 2.24) is 5.32 Å². The van der Waals surface area contributed by atoms with Gasteiger partial charge in [0.1, 0.15) is 5.75 Å². The molecular weight excluding hydrogens is 322 g/mol. The zero-order valence-corrected chi connectivity index (χ0v) is 13.2. The van der Waals surface area contributed by atoms with Crippen molar-refractivity contribution in [1.29, 1.82) is 0 Å². The van der Waals surface area contributed by atoms with E-state index in [1.807, 2.05) is 0 Å². The first kappa shape index (κ1) is 13.2. The van der Waals surface area contributed by atoms with Crippen LogP contribution in [0.15, 0.2) is 34.1 Å². The van der Waals surface area contributed by atoms with Gasteiger partial charge in [-0.05, 0) is 35.7 Å². The molecule has 1 aliphatic heterocycles. The monoisotopic (exact) mass is 337 g/mol. The predicted octanol–water partition coefficient (Wildman–Crippen LogP) is 4.14. The number of thiophene rings is 1. The summed E-state index contributed by atoms with van der Waals surface area (Å²) in [4.78, 5) is 1.33. The highest BCUT2D eigenvalue weighted by atomic mass is 79.9. The molecular formula is C15H16BrNOS. The van der Waals surface area contributed by atoms with Crippen LogP contribution in [0.25, 0.3) is 0 Å². The van der Waals surface area contributed by atoms with E-state index < -0.39 is 0 Å². The van der Waals surface area contributed by atoms with Crippen LogP contribution >= 0.6 is 27.3 Å². The van der Waals surface area contributed by atoms with E-state index in [-0.39, 0.29) is 6.04 Å². The Morgan fingerprint density at radius 3 is 3.11 bits per heavy atom. The van der Waals surface area contributed by atoms with Crippen LogP contribution in [0.1, 0.15) is 29.0 Å². The van der Waals surface area contributed by atoms with E-state index in [9.17, 15) is 0 Å². The number of hydrogen-bond acceptors (Lipinski definition) is 3. The summed E-state index contributed by atoms with van der Waals surface area (Å²) < 4.78 is 6.98. The van der Waals surface area contributed by atoms with E-state index in [4.69, 9.17) is 4.74 Å². The van der Waals surface area contributed by atoms with Crippen molar-refractivity contribution < 1.29 is 4.74 Å². The Hall–Kier alpha value is -0.840. The minimum Gasteiger partial charge on any atom is -0.493 e. The lowest BCUT2D eigenvalue weighted by atomic mass is 10.0. The molecule has 2 heterocycles. The van der Waals surface area contributed by atoms with E-state index in [0.29, 0.717) is 0 Å². The van der Waals surface area contributed by atoms with Gasteiger partial charge in [-0.2, -0.15) is 0 Å². The van der Waals surface area contributed by atoms with Crippen LogP contribution in [-0.4, -0.2) is 13.2 Å². The zero-order chi connectivity index (χ0) is 13.2. The molecule has 1 aromatic carbocycles. The van der Waals surface area contributed by atoms with E-state index in [2.05, 4.69) is 57.8 Å². The number of fused-ring (bicyclic) bond motifs is 1. The molecule has 19 heavy (non-hydrogen) atoms. The molecule has 3 rings (SSSR count). The Balaban J connectivity index is 2.08. The van der Waals surface area contributed by atoms with E-state index in [0.717, 1.165) is 29.8 Å². The van der Waals surface area contributed by atoms with Gasteiger partial charge in [-0.25, -0.2) is 0 Å². The number of nitrogens with one attached hydrogen (secondary N) is 1. The molecule has 0 saturated heterocycles. The van der Waals surface area contributed by atoms with Crippen LogP contribution < -0.4 is 10.1 Å². The van der Waals surface area contributed by atoms with Gasteiger partial charge in [-0.1, -0.05) is 28.9 Å². The summed E-state index contributed by atoms with van der Waals surface area (Å²) in [5, 5.41) is 5.69. The summed E-state index contributed by atoms with van der Waals surface area (Å²) in [6.07, 6.45) is 1.01. The standard InChI is InChI=1S/C15H16BrNOS/c1-2-17-14(13-4-3-7-19-13)12-9-11(16)8-10-5-6-18-15(10)12/h3-4,7-9,14,17H,2,5-6H2,1H3. The molecule has 1 atom stereocenters. The Kier molecular flexibility index (Phi) is 3.91. The molecule has 0 amide bonds. The minimum absolute atomic E-state index is 0.217. The molecule has 1 N–H and O–H groups in total. The lowest BCUT2D eigenvalue weighted by molar-refractivity contribution is 0.350. The highest BCUT2D eigenvalue weighted by Gasteiger charge is 2.24. The van der Waals surface area contributed by atoms with Gasteiger partial charge in [0, 0.05) is 21.3 Å². The summed E-state index contributed by atoms with van der Waals surface area (Å²) in [7, 11) is 0. The summed E-state index contributed by atoms with van der Waals surface area (Å²) in [5.41, 5.74) is 2.55. The van der Waals surface area contributed by atoms with Crippen molar-refractivity contribution in [3.05, 3.63) is 50.1 Å². The number of hydrogen-bond donors (Lipinski definition) is 1. The average Bonchev–Trinajstić information content (AvgIpc) is 3.05. The largest absolute Gasteiger partial charge is 0.493 e. The zero-order valence-electron chi connectivity index (χ0n) is 10.8. The topological polar surface area (TPSA) is 21.3 Å². The molecule has 2 aromatic rings. The van der Waals surface area contributed by atoms with Crippen molar-refractivity contribution in [2.24, 2.45) is 0 Å². The second-order valence-electron chi connectivity index (χ2n) is 4.59. The Labute approximate surface area is 125 Å². The molecule has 1 aliphatic rings. The number of rotatable bonds is 4. The molecule has 2 nitrogen and oxygen atoms in total. The van der Waals surface area contributed by atoms with Gasteiger partial charge in [0.25, 0.3) is 0 Å². The van der Waals surface area contributed by atoms with Gasteiger partial charge in [-0.3, -0.25) is 0 Å². The lowest BCUT2D eigenvalue weighted by Gasteiger charge is -2.20. The van der Waals surface area contributed by atoms with Gasteiger partial charge >= 0.3 is 0 Å². The predicted molar refractivity (Wildman–Crippen MR) is 83.2 cm³/mol. The van der Waals surface area contributed by atoms with Crippen molar-refractivity contribution in [2.75, 3.05) is 13.2 Å². The fourth-order valence-corrected chi connectivity index (χ4v) is 3.88. The molecule has 0 spiro atoms. The Bertz CT molecular complexity index is 568. The van der Waals surface area contributed by atoms with E-state index >= 15 is 0 Å². The fourth-order valence-electron chi connectivity index (χ4n) is 2.54. The number of benzene rings is 1. The number of halogens is 1. The highest BCUT2D eigenvalue weighted by molar-refractivity contribution is 9.10. The molecule has 0 radical (unpaired) electrons. The molecule has 0 fully saturated rings. The van der Waals surface area contributed by atoms with Gasteiger partial charge in [-0.15, -0.1) is 11.3 Å². The van der Waals surface area contributed by atoms with Gasteiger partial charge in [0.15, 0.2) is 0 Å². The quantitative estimate of drug-likeness (QED) is 0.904. The van der Waals surface area contributed by atoms with Crippen LogP contribution in [0.4, 0.5) is 0 Å². The normalized spacial score (nSPS) is 15.1. The second-order valence-corrected chi connectivity index (χ2v) is 6.48. The maximum atomic E-state index is 5.85. The van der Waals surface area contributed by atoms with Gasteiger partial charge in [0.2, 0.25) is 0 Å². The minimum atomic E-state index is 0.217. The molecule has 0 aliphatic carbocycles. The fraction of sp³-hybridized carbons (Fsp3) is 0.333. The summed E-state index contributed by atoms with van der Waals surface area (Å²) in [6.45, 7) is 3.87. The summed E-state index contributed by atoms with van der Waals surface area (Å²) in [5.74, 6) is 1.07. The first-order valence-electron chi connectivity index (χ1n) is 6.51. The summed E-state index contributed by atoms with van der Waals surface area (Å²) >= 11 is 5.40. The lowest BCUT2D eigenvalue weighted by Crippen LogP contribution is -2.21. The first-order valence-corrected chi connectivity index (χ1v) is 8.18. The van der Waals surface area contributed by atoms with Crippen molar-refractivity contribution >= 4 is 27.3 Å². The second kappa shape index (κ2) is 5.65. The third kappa shape index (κ3) is 2.57. The van der Waals surface area contributed by atoms with Crippen molar-refractivity contribution in [3.63, 3.8) is 0 Å². The smallest absolute Gasteiger partial charge is 0.127 e. The third-order valence-corrected chi connectivity index (χ3v) is 4.72. The first-order chi connectivity index (χ1) is 9.29. The van der Waals surface area contributed by atoms with Crippen LogP contribution in [0.3, 0.4) is 0 Å². The third-order valence-electron chi connectivity index (χ3n) is 3.32. The van der Waals surface area contributed by atoms with Crippen LogP contribution in [0.2, 0.25) is 0 Å². The number of ether oxygens (including phenoxy) is 1. The Morgan fingerprint density at radius 2 is 2.37 bits per heavy atom. The maximum absolute atomic E-state index is 5.85. The highest BCUT2D eigenvalue weighted by Crippen LogP contribution is 2.39. The summed E-state index contributed by atoms with van der Waals surface area (Å²) in [6, 6.07) is 8.85. The Morgan fingerprint density at radius 1 is 1.47 bits per heavy atom. The van der Waals surface area contributed by atoms with Gasteiger partial charge < -0.3 is 10.1 Å². The maximum Gasteiger partial charge on any atom is 0.127 e. The molecule has 100 valence electrons. The average molecular weight is 338 g/mol. The molecule has 0 bridgehead atoms. The van der Waals surface area contributed by atoms with Crippen molar-refractivity contribution in [3.8, 4) is 5.75 Å². The van der Waals surface area contributed by atoms with Gasteiger partial charge in [0.05, 0.1) is 12.6 Å². The van der Waals surface area contributed by atoms with Crippen LogP contribution in [0.5, 0.6) is 5.75 Å². The molecule has 0 saturated carbocycles. The SMILES string of the molecule is CCNC(c1cccs1)c1cc(Br)cc2c1OCC2. The van der Waals surface area contributed by atoms with E-state index in [1.54, 1.807) is 11.3 Å². The molecule has 4 heteroatoms. The molecule has 1 aromatic heterocycles. The van der Waals surface area contributed by atoms with E-state index in [1.165, 1.54) is 16.0 Å². The van der Waals surface area contributed by atoms with Crippen molar-refractivity contribution in [2.45, 2.75) is 19.4 Å².